The Morgan fingerprint density at radius 2 is 2.19 bits per heavy atom. The van der Waals surface area contributed by atoms with E-state index in [4.69, 9.17) is 0 Å². The molecule has 1 aliphatic rings. The standard InChI is InChI=1S/C18H23N5O2.ClH/c1-13(24)21-15-5-2-4-14(10-15)11-20-18(25)17-7-9-23(22-17)16-6-3-8-19-12-16;/h2,4-5,7,9-10,16,19H,3,6,8,11-12H2,1H3,(H,20,25)(H,21,24);1H. The number of aromatic nitrogens is 2. The molecule has 2 heterocycles. The Bertz CT molecular complexity index is 756. The summed E-state index contributed by atoms with van der Waals surface area (Å²) in [5.74, 6) is -0.323. The van der Waals surface area contributed by atoms with Crippen LogP contribution in [0.1, 0.15) is 41.9 Å². The molecule has 0 aliphatic carbocycles. The second-order valence-electron chi connectivity index (χ2n) is 6.25. The number of rotatable bonds is 5. The number of carbonyl (C=O) groups is 2. The summed E-state index contributed by atoms with van der Waals surface area (Å²) in [6.07, 6.45) is 4.06. The molecule has 3 N–H and O–H groups in total. The zero-order valence-corrected chi connectivity index (χ0v) is 15.5. The largest absolute Gasteiger partial charge is 0.347 e. The molecule has 0 saturated carbocycles. The highest BCUT2D eigenvalue weighted by atomic mass is 35.5. The van der Waals surface area contributed by atoms with E-state index in [1.807, 2.05) is 35.1 Å². The Kier molecular flexibility index (Phi) is 7.17. The SMILES string of the molecule is CC(=O)Nc1cccc(CNC(=O)c2ccn(C3CCCNC3)n2)c1.Cl. The molecule has 1 unspecified atom stereocenters. The molecule has 1 fully saturated rings. The summed E-state index contributed by atoms with van der Waals surface area (Å²) in [5.41, 5.74) is 2.05. The van der Waals surface area contributed by atoms with Gasteiger partial charge in [0.05, 0.1) is 6.04 Å². The minimum atomic E-state index is -0.201. The fourth-order valence-electron chi connectivity index (χ4n) is 2.96. The zero-order valence-electron chi connectivity index (χ0n) is 14.7. The summed E-state index contributed by atoms with van der Waals surface area (Å²) >= 11 is 0. The van der Waals surface area contributed by atoms with E-state index in [0.29, 0.717) is 24.0 Å². The Morgan fingerprint density at radius 3 is 2.92 bits per heavy atom. The van der Waals surface area contributed by atoms with Crippen molar-refractivity contribution in [3.63, 3.8) is 0 Å². The highest BCUT2D eigenvalue weighted by Crippen LogP contribution is 2.16. The third kappa shape index (κ3) is 5.31. The van der Waals surface area contributed by atoms with Crippen molar-refractivity contribution in [2.45, 2.75) is 32.4 Å². The molecule has 2 aromatic rings. The summed E-state index contributed by atoms with van der Waals surface area (Å²) in [7, 11) is 0. The molecule has 0 spiro atoms. The number of hydrogen-bond acceptors (Lipinski definition) is 4. The minimum Gasteiger partial charge on any atom is -0.347 e. The molecule has 140 valence electrons. The van der Waals surface area contributed by atoms with Gasteiger partial charge in [0, 0.05) is 31.9 Å². The van der Waals surface area contributed by atoms with Gasteiger partial charge >= 0.3 is 0 Å². The van der Waals surface area contributed by atoms with Crippen LogP contribution >= 0.6 is 12.4 Å². The lowest BCUT2D eigenvalue weighted by molar-refractivity contribution is -0.114. The number of nitrogens with zero attached hydrogens (tertiary/aromatic N) is 2. The van der Waals surface area contributed by atoms with Crippen molar-refractivity contribution in [2.24, 2.45) is 0 Å². The van der Waals surface area contributed by atoms with Crippen LogP contribution < -0.4 is 16.0 Å². The number of carbonyl (C=O) groups excluding carboxylic acids is 2. The van der Waals surface area contributed by atoms with Gasteiger partial charge in [-0.1, -0.05) is 12.1 Å². The molecule has 3 rings (SSSR count). The average molecular weight is 378 g/mol. The van der Waals surface area contributed by atoms with Crippen molar-refractivity contribution in [1.29, 1.82) is 0 Å². The van der Waals surface area contributed by atoms with Crippen LogP contribution in [0.5, 0.6) is 0 Å². The molecule has 1 aliphatic heterocycles. The van der Waals surface area contributed by atoms with E-state index >= 15 is 0 Å². The molecule has 1 saturated heterocycles. The smallest absolute Gasteiger partial charge is 0.272 e. The lowest BCUT2D eigenvalue weighted by atomic mass is 10.1. The first kappa shape index (κ1) is 19.9. The predicted octanol–water partition coefficient (Wildman–Crippen LogP) is 2.12. The molecule has 1 aromatic carbocycles. The van der Waals surface area contributed by atoms with Crippen molar-refractivity contribution in [3.05, 3.63) is 47.8 Å². The number of anilines is 1. The van der Waals surface area contributed by atoms with Crippen molar-refractivity contribution < 1.29 is 9.59 Å². The summed E-state index contributed by atoms with van der Waals surface area (Å²) in [4.78, 5) is 23.4. The summed E-state index contributed by atoms with van der Waals surface area (Å²) in [5, 5.41) is 13.4. The van der Waals surface area contributed by atoms with Crippen LogP contribution in [0.25, 0.3) is 0 Å². The first-order valence-corrected chi connectivity index (χ1v) is 8.52. The molecule has 26 heavy (non-hydrogen) atoms. The van der Waals surface area contributed by atoms with Gasteiger partial charge in [-0.3, -0.25) is 14.3 Å². The Hall–Kier alpha value is -2.38. The number of hydrogen-bond donors (Lipinski definition) is 3. The lowest BCUT2D eigenvalue weighted by Gasteiger charge is -2.22. The number of amides is 2. The zero-order chi connectivity index (χ0) is 17.6. The highest BCUT2D eigenvalue weighted by molar-refractivity contribution is 5.92. The van der Waals surface area contributed by atoms with Crippen molar-refractivity contribution >= 4 is 29.9 Å². The fraction of sp³-hybridized carbons (Fsp3) is 0.389. The van der Waals surface area contributed by atoms with Gasteiger partial charge < -0.3 is 16.0 Å². The van der Waals surface area contributed by atoms with Gasteiger partial charge in [0.15, 0.2) is 0 Å². The van der Waals surface area contributed by atoms with Crippen LogP contribution in [0.2, 0.25) is 0 Å². The van der Waals surface area contributed by atoms with E-state index < -0.39 is 0 Å². The third-order valence-corrected chi connectivity index (χ3v) is 4.19. The number of nitrogens with one attached hydrogen (secondary N) is 3. The van der Waals surface area contributed by atoms with Crippen molar-refractivity contribution in [1.82, 2.24) is 20.4 Å². The van der Waals surface area contributed by atoms with Crippen LogP contribution in [-0.4, -0.2) is 34.7 Å². The van der Waals surface area contributed by atoms with Crippen LogP contribution in [0.4, 0.5) is 5.69 Å². The maximum absolute atomic E-state index is 12.3. The van der Waals surface area contributed by atoms with Gasteiger partial charge in [0.1, 0.15) is 5.69 Å². The van der Waals surface area contributed by atoms with Gasteiger partial charge in [0.2, 0.25) is 5.91 Å². The minimum absolute atomic E-state index is 0. The van der Waals surface area contributed by atoms with Crippen LogP contribution in [0, 0.1) is 0 Å². The summed E-state index contributed by atoms with van der Waals surface area (Å²) in [6.45, 7) is 3.78. The van der Waals surface area contributed by atoms with E-state index in [2.05, 4.69) is 21.0 Å². The molecule has 7 nitrogen and oxygen atoms in total. The Labute approximate surface area is 159 Å². The number of benzene rings is 1. The third-order valence-electron chi connectivity index (χ3n) is 4.19. The predicted molar refractivity (Wildman–Crippen MR) is 103 cm³/mol. The summed E-state index contributed by atoms with van der Waals surface area (Å²) in [6, 6.07) is 9.46. The maximum atomic E-state index is 12.3. The van der Waals surface area contributed by atoms with E-state index in [1.54, 1.807) is 6.07 Å². The quantitative estimate of drug-likeness (QED) is 0.744. The highest BCUT2D eigenvalue weighted by Gasteiger charge is 2.17. The van der Waals surface area contributed by atoms with E-state index in [9.17, 15) is 9.59 Å². The topological polar surface area (TPSA) is 88.0 Å². The normalized spacial score (nSPS) is 16.4. The van der Waals surface area contributed by atoms with E-state index in [0.717, 1.165) is 31.5 Å². The first-order chi connectivity index (χ1) is 12.1. The molecule has 1 atom stereocenters. The second kappa shape index (κ2) is 9.35. The van der Waals surface area contributed by atoms with Gasteiger partial charge in [-0.05, 0) is 43.1 Å². The molecular weight excluding hydrogens is 354 g/mol. The molecule has 8 heteroatoms. The number of piperidine rings is 1. The van der Waals surface area contributed by atoms with Crippen molar-refractivity contribution in [2.75, 3.05) is 18.4 Å². The van der Waals surface area contributed by atoms with E-state index in [-0.39, 0.29) is 24.2 Å². The van der Waals surface area contributed by atoms with Gasteiger partial charge in [0.25, 0.3) is 5.91 Å². The van der Waals surface area contributed by atoms with Crippen LogP contribution in [0.3, 0.4) is 0 Å². The summed E-state index contributed by atoms with van der Waals surface area (Å²) < 4.78 is 1.87. The number of halogens is 1. The van der Waals surface area contributed by atoms with E-state index in [1.165, 1.54) is 6.92 Å². The monoisotopic (exact) mass is 377 g/mol. The molecule has 2 amide bonds. The average Bonchev–Trinajstić information content (AvgIpc) is 3.10. The first-order valence-electron chi connectivity index (χ1n) is 8.52. The molecular formula is C18H24ClN5O2. The van der Waals surface area contributed by atoms with Crippen molar-refractivity contribution in [3.8, 4) is 0 Å². The molecule has 0 radical (unpaired) electrons. The van der Waals surface area contributed by atoms with Crippen LogP contribution in [-0.2, 0) is 11.3 Å². The maximum Gasteiger partial charge on any atom is 0.272 e. The second-order valence-corrected chi connectivity index (χ2v) is 6.25. The molecule has 1 aromatic heterocycles. The Balaban J connectivity index is 0.00000243. The van der Waals surface area contributed by atoms with Gasteiger partial charge in [-0.25, -0.2) is 0 Å². The molecule has 0 bridgehead atoms. The van der Waals surface area contributed by atoms with Gasteiger partial charge in [-0.15, -0.1) is 12.4 Å². The fourth-order valence-corrected chi connectivity index (χ4v) is 2.96. The Morgan fingerprint density at radius 1 is 1.35 bits per heavy atom. The lowest BCUT2D eigenvalue weighted by Crippen LogP contribution is -2.32. The van der Waals surface area contributed by atoms with Gasteiger partial charge in [-0.2, -0.15) is 5.10 Å². The van der Waals surface area contributed by atoms with Crippen LogP contribution in [0.15, 0.2) is 36.5 Å².